The Morgan fingerprint density at radius 3 is 2.62 bits per heavy atom. The standard InChI is InChI=1S/C16H16FNO3/c17-15-8-7-12(18)11-14(15)16(19)21-10-4-9-20-13-5-2-1-3-6-13/h1-3,5-8,11H,4,9-10,18H2. The lowest BCUT2D eigenvalue weighted by molar-refractivity contribution is 0.0481. The highest BCUT2D eigenvalue weighted by molar-refractivity contribution is 5.90. The van der Waals surface area contributed by atoms with E-state index < -0.39 is 11.8 Å². The van der Waals surface area contributed by atoms with Crippen molar-refractivity contribution in [2.24, 2.45) is 0 Å². The molecule has 2 aromatic rings. The highest BCUT2D eigenvalue weighted by atomic mass is 19.1. The summed E-state index contributed by atoms with van der Waals surface area (Å²) in [6, 6.07) is 13.1. The maximum absolute atomic E-state index is 13.4. The van der Waals surface area contributed by atoms with E-state index in [-0.39, 0.29) is 12.2 Å². The quantitative estimate of drug-likeness (QED) is 0.504. The summed E-state index contributed by atoms with van der Waals surface area (Å²) in [6.45, 7) is 0.566. The van der Waals surface area contributed by atoms with Crippen molar-refractivity contribution in [1.29, 1.82) is 0 Å². The summed E-state index contributed by atoms with van der Waals surface area (Å²) in [5.41, 5.74) is 5.67. The van der Waals surface area contributed by atoms with Crippen LogP contribution in [0.15, 0.2) is 48.5 Å². The fourth-order valence-corrected chi connectivity index (χ4v) is 1.71. The van der Waals surface area contributed by atoms with Gasteiger partial charge in [0.25, 0.3) is 0 Å². The van der Waals surface area contributed by atoms with Gasteiger partial charge in [-0.2, -0.15) is 0 Å². The normalized spacial score (nSPS) is 10.1. The van der Waals surface area contributed by atoms with E-state index in [0.29, 0.717) is 18.7 Å². The minimum Gasteiger partial charge on any atom is -0.493 e. The SMILES string of the molecule is Nc1ccc(F)c(C(=O)OCCCOc2ccccc2)c1. The molecule has 0 saturated heterocycles. The number of nitrogens with two attached hydrogens (primary N) is 1. The van der Waals surface area contributed by atoms with E-state index in [1.54, 1.807) is 0 Å². The lowest BCUT2D eigenvalue weighted by Crippen LogP contribution is -2.11. The number of nitrogen functional groups attached to an aromatic ring is 1. The summed E-state index contributed by atoms with van der Waals surface area (Å²) in [5.74, 6) is -0.611. The van der Waals surface area contributed by atoms with Gasteiger partial charge in [-0.3, -0.25) is 0 Å². The molecule has 0 saturated carbocycles. The van der Waals surface area contributed by atoms with Crippen LogP contribution in [-0.4, -0.2) is 19.2 Å². The first-order chi connectivity index (χ1) is 10.2. The van der Waals surface area contributed by atoms with Crippen molar-refractivity contribution in [3.05, 3.63) is 59.9 Å². The van der Waals surface area contributed by atoms with Gasteiger partial charge >= 0.3 is 5.97 Å². The number of esters is 1. The molecule has 21 heavy (non-hydrogen) atoms. The number of ether oxygens (including phenoxy) is 2. The molecule has 0 unspecified atom stereocenters. The predicted molar refractivity (Wildman–Crippen MR) is 77.6 cm³/mol. The molecule has 0 radical (unpaired) electrons. The van der Waals surface area contributed by atoms with E-state index in [0.717, 1.165) is 11.8 Å². The number of carbonyl (C=O) groups excluding carboxylic acids is 1. The topological polar surface area (TPSA) is 61.6 Å². The molecule has 0 amide bonds. The lowest BCUT2D eigenvalue weighted by Gasteiger charge is -2.08. The minimum atomic E-state index is -0.723. The first-order valence-corrected chi connectivity index (χ1v) is 6.57. The van der Waals surface area contributed by atoms with Crippen molar-refractivity contribution in [3.63, 3.8) is 0 Å². The van der Waals surface area contributed by atoms with Crippen LogP contribution in [0, 0.1) is 5.82 Å². The smallest absolute Gasteiger partial charge is 0.341 e. The third-order valence-corrected chi connectivity index (χ3v) is 2.74. The maximum Gasteiger partial charge on any atom is 0.341 e. The van der Waals surface area contributed by atoms with Crippen LogP contribution in [0.2, 0.25) is 0 Å². The number of para-hydroxylation sites is 1. The van der Waals surface area contributed by atoms with Gasteiger partial charge in [0.1, 0.15) is 11.6 Å². The Morgan fingerprint density at radius 2 is 1.86 bits per heavy atom. The van der Waals surface area contributed by atoms with Crippen LogP contribution in [0.25, 0.3) is 0 Å². The van der Waals surface area contributed by atoms with Crippen molar-refractivity contribution < 1.29 is 18.7 Å². The minimum absolute atomic E-state index is 0.153. The monoisotopic (exact) mass is 289 g/mol. The molecule has 0 fully saturated rings. The molecule has 110 valence electrons. The maximum atomic E-state index is 13.4. The first kappa shape index (κ1) is 14.8. The van der Waals surface area contributed by atoms with E-state index in [1.165, 1.54) is 12.1 Å². The van der Waals surface area contributed by atoms with Crippen LogP contribution in [0.3, 0.4) is 0 Å². The molecule has 0 spiro atoms. The number of benzene rings is 2. The van der Waals surface area contributed by atoms with Gasteiger partial charge in [-0.15, -0.1) is 0 Å². The molecule has 4 nitrogen and oxygen atoms in total. The summed E-state index contributed by atoms with van der Waals surface area (Å²) in [4.78, 5) is 11.7. The highest BCUT2D eigenvalue weighted by Crippen LogP contribution is 2.13. The third-order valence-electron chi connectivity index (χ3n) is 2.74. The Morgan fingerprint density at radius 1 is 1.10 bits per heavy atom. The van der Waals surface area contributed by atoms with Crippen LogP contribution in [0.1, 0.15) is 16.8 Å². The van der Waals surface area contributed by atoms with E-state index in [9.17, 15) is 9.18 Å². The zero-order valence-corrected chi connectivity index (χ0v) is 11.4. The molecule has 0 aliphatic heterocycles. The number of hydrogen-bond acceptors (Lipinski definition) is 4. The molecule has 0 heterocycles. The molecule has 2 aromatic carbocycles. The average molecular weight is 289 g/mol. The second-order valence-corrected chi connectivity index (χ2v) is 4.39. The van der Waals surface area contributed by atoms with Crippen LogP contribution >= 0.6 is 0 Å². The molecular weight excluding hydrogens is 273 g/mol. The second-order valence-electron chi connectivity index (χ2n) is 4.39. The van der Waals surface area contributed by atoms with Gasteiger partial charge in [0, 0.05) is 12.1 Å². The van der Waals surface area contributed by atoms with E-state index >= 15 is 0 Å². The molecule has 0 atom stereocenters. The number of anilines is 1. The number of halogens is 1. The zero-order chi connectivity index (χ0) is 15.1. The van der Waals surface area contributed by atoms with Crippen molar-refractivity contribution in [2.45, 2.75) is 6.42 Å². The zero-order valence-electron chi connectivity index (χ0n) is 11.4. The fraction of sp³-hybridized carbons (Fsp3) is 0.188. The molecule has 0 aromatic heterocycles. The van der Waals surface area contributed by atoms with Gasteiger partial charge in [-0.05, 0) is 30.3 Å². The van der Waals surface area contributed by atoms with Crippen LogP contribution in [0.4, 0.5) is 10.1 Å². The van der Waals surface area contributed by atoms with Crippen molar-refractivity contribution >= 4 is 11.7 Å². The van der Waals surface area contributed by atoms with Crippen molar-refractivity contribution in [1.82, 2.24) is 0 Å². The summed E-state index contributed by atoms with van der Waals surface area (Å²) >= 11 is 0. The predicted octanol–water partition coefficient (Wildman–Crippen LogP) is 3.03. The van der Waals surface area contributed by atoms with Crippen molar-refractivity contribution in [2.75, 3.05) is 18.9 Å². The Bertz CT molecular complexity index is 602. The number of rotatable bonds is 6. The largest absolute Gasteiger partial charge is 0.493 e. The number of hydrogen-bond donors (Lipinski definition) is 1. The Labute approximate surface area is 122 Å². The first-order valence-electron chi connectivity index (χ1n) is 6.57. The van der Waals surface area contributed by atoms with Gasteiger partial charge in [0.2, 0.25) is 0 Å². The summed E-state index contributed by atoms with van der Waals surface area (Å²) in [5, 5.41) is 0. The summed E-state index contributed by atoms with van der Waals surface area (Å²) < 4.78 is 23.9. The van der Waals surface area contributed by atoms with E-state index in [1.807, 2.05) is 30.3 Å². The van der Waals surface area contributed by atoms with Crippen LogP contribution < -0.4 is 10.5 Å². The van der Waals surface area contributed by atoms with Crippen molar-refractivity contribution in [3.8, 4) is 5.75 Å². The van der Waals surface area contributed by atoms with Gasteiger partial charge in [-0.1, -0.05) is 18.2 Å². The second kappa shape index (κ2) is 7.28. The molecular formula is C16H16FNO3. The van der Waals surface area contributed by atoms with Gasteiger partial charge in [0.15, 0.2) is 0 Å². The molecule has 5 heteroatoms. The molecule has 0 aliphatic carbocycles. The molecule has 0 aliphatic rings. The fourth-order valence-electron chi connectivity index (χ4n) is 1.71. The van der Waals surface area contributed by atoms with Gasteiger partial charge < -0.3 is 15.2 Å². The van der Waals surface area contributed by atoms with Gasteiger partial charge in [-0.25, -0.2) is 9.18 Å². The molecule has 2 rings (SSSR count). The Hall–Kier alpha value is -2.56. The van der Waals surface area contributed by atoms with Gasteiger partial charge in [0.05, 0.1) is 18.8 Å². The Kier molecular flexibility index (Phi) is 5.15. The average Bonchev–Trinajstić information content (AvgIpc) is 2.50. The third kappa shape index (κ3) is 4.49. The van der Waals surface area contributed by atoms with Crippen LogP contribution in [0.5, 0.6) is 5.75 Å². The highest BCUT2D eigenvalue weighted by Gasteiger charge is 2.13. The number of carbonyl (C=O) groups is 1. The van der Waals surface area contributed by atoms with E-state index in [2.05, 4.69) is 0 Å². The summed E-state index contributed by atoms with van der Waals surface area (Å²) in [6.07, 6.45) is 0.518. The molecule has 2 N–H and O–H groups in total. The summed E-state index contributed by atoms with van der Waals surface area (Å²) in [7, 11) is 0. The van der Waals surface area contributed by atoms with E-state index in [4.69, 9.17) is 15.2 Å². The van der Waals surface area contributed by atoms with Crippen LogP contribution in [-0.2, 0) is 4.74 Å². The Balaban J connectivity index is 1.73. The lowest BCUT2D eigenvalue weighted by atomic mass is 10.2. The molecule has 0 bridgehead atoms.